The van der Waals surface area contributed by atoms with Crippen LogP contribution in [-0.2, 0) is 11.2 Å². The van der Waals surface area contributed by atoms with Crippen molar-refractivity contribution in [3.05, 3.63) is 41.2 Å². The zero-order valence-electron chi connectivity index (χ0n) is 7.03. The molecule has 0 aliphatic heterocycles. The molecule has 0 unspecified atom stereocenters. The van der Waals surface area contributed by atoms with Gasteiger partial charge in [0.2, 0.25) is 0 Å². The van der Waals surface area contributed by atoms with Crippen LogP contribution in [0.3, 0.4) is 0 Å². The molecule has 3 nitrogen and oxygen atoms in total. The Morgan fingerprint density at radius 2 is 2.15 bits per heavy atom. The van der Waals surface area contributed by atoms with E-state index in [1.54, 1.807) is 18.2 Å². The number of para-hydroxylation sites is 1. The predicted octanol–water partition coefficient (Wildman–Crippen LogP) is 2.25. The minimum absolute atomic E-state index is 0.0759. The van der Waals surface area contributed by atoms with Crippen molar-refractivity contribution in [2.45, 2.75) is 12.8 Å². The van der Waals surface area contributed by atoms with Gasteiger partial charge < -0.3 is 5.11 Å². The third-order valence-corrected chi connectivity index (χ3v) is 1.72. The molecule has 0 bridgehead atoms. The molecule has 0 atom stereocenters. The van der Waals surface area contributed by atoms with E-state index in [0.29, 0.717) is 12.1 Å². The Labute approximate surface area is 76.4 Å². The highest BCUT2D eigenvalue weighted by atomic mass is 16.4. The molecule has 3 heteroatoms. The van der Waals surface area contributed by atoms with Gasteiger partial charge in [-0.05, 0) is 12.0 Å². The average molecular weight is 175 g/mol. The number of carboxylic acids is 1. The van der Waals surface area contributed by atoms with Crippen LogP contribution < -0.4 is 0 Å². The average Bonchev–Trinajstić information content (AvgIpc) is 2.15. The van der Waals surface area contributed by atoms with Gasteiger partial charge in [0.1, 0.15) is 0 Å². The second-order valence-corrected chi connectivity index (χ2v) is 2.63. The quantitative estimate of drug-likeness (QED) is 0.716. The minimum atomic E-state index is -0.834. The molecule has 0 saturated heterocycles. The fourth-order valence-electron chi connectivity index (χ4n) is 1.07. The van der Waals surface area contributed by atoms with Crippen molar-refractivity contribution in [2.75, 3.05) is 0 Å². The summed E-state index contributed by atoms with van der Waals surface area (Å²) in [6, 6.07) is 7.07. The van der Waals surface area contributed by atoms with E-state index in [2.05, 4.69) is 4.85 Å². The van der Waals surface area contributed by atoms with E-state index in [1.807, 2.05) is 6.07 Å². The third kappa shape index (κ3) is 2.60. The van der Waals surface area contributed by atoms with E-state index in [-0.39, 0.29) is 6.42 Å². The summed E-state index contributed by atoms with van der Waals surface area (Å²) in [5.41, 5.74) is 1.35. The van der Waals surface area contributed by atoms with Crippen LogP contribution in [0.4, 0.5) is 5.69 Å². The molecule has 1 aromatic rings. The second kappa shape index (κ2) is 4.27. The summed E-state index contributed by atoms with van der Waals surface area (Å²) >= 11 is 0. The van der Waals surface area contributed by atoms with Gasteiger partial charge in [0.15, 0.2) is 5.69 Å². The molecule has 66 valence electrons. The third-order valence-electron chi connectivity index (χ3n) is 1.72. The summed E-state index contributed by atoms with van der Waals surface area (Å²) in [6.07, 6.45) is 0.500. The number of carbonyl (C=O) groups is 1. The van der Waals surface area contributed by atoms with Crippen LogP contribution in [0.25, 0.3) is 4.85 Å². The van der Waals surface area contributed by atoms with E-state index in [4.69, 9.17) is 11.7 Å². The van der Waals surface area contributed by atoms with Gasteiger partial charge in [-0.25, -0.2) is 4.85 Å². The molecule has 0 heterocycles. The maximum atomic E-state index is 10.3. The van der Waals surface area contributed by atoms with Crippen LogP contribution >= 0.6 is 0 Å². The summed E-state index contributed by atoms with van der Waals surface area (Å²) < 4.78 is 0. The Kier molecular flexibility index (Phi) is 3.04. The summed E-state index contributed by atoms with van der Waals surface area (Å²) in [5, 5.41) is 8.46. The monoisotopic (exact) mass is 175 g/mol. The molecule has 0 aliphatic rings. The zero-order chi connectivity index (χ0) is 9.68. The largest absolute Gasteiger partial charge is 0.481 e. The molecular weight excluding hydrogens is 166 g/mol. The Morgan fingerprint density at radius 3 is 2.77 bits per heavy atom. The van der Waals surface area contributed by atoms with Gasteiger partial charge in [-0.2, -0.15) is 0 Å². The van der Waals surface area contributed by atoms with Crippen molar-refractivity contribution in [1.82, 2.24) is 0 Å². The molecule has 1 rings (SSSR count). The van der Waals surface area contributed by atoms with Gasteiger partial charge in [-0.15, -0.1) is 0 Å². The van der Waals surface area contributed by atoms with Crippen molar-refractivity contribution in [3.8, 4) is 0 Å². The lowest BCUT2D eigenvalue weighted by atomic mass is 10.1. The van der Waals surface area contributed by atoms with Gasteiger partial charge in [0.25, 0.3) is 0 Å². The molecule has 0 aromatic heterocycles. The number of carboxylic acid groups (broad SMARTS) is 1. The first kappa shape index (κ1) is 9.27. The Bertz CT molecular complexity index is 352. The van der Waals surface area contributed by atoms with E-state index in [0.717, 1.165) is 5.56 Å². The summed E-state index contributed by atoms with van der Waals surface area (Å²) in [4.78, 5) is 13.6. The van der Waals surface area contributed by atoms with E-state index in [9.17, 15) is 4.79 Å². The van der Waals surface area contributed by atoms with E-state index < -0.39 is 5.97 Å². The molecule has 0 aliphatic carbocycles. The number of aryl methyl sites for hydroxylation is 1. The normalized spacial score (nSPS) is 9.15. The molecule has 13 heavy (non-hydrogen) atoms. The number of nitrogens with zero attached hydrogens (tertiary/aromatic N) is 1. The van der Waals surface area contributed by atoms with Crippen molar-refractivity contribution in [3.63, 3.8) is 0 Å². The van der Waals surface area contributed by atoms with Crippen LogP contribution in [0, 0.1) is 6.57 Å². The van der Waals surface area contributed by atoms with Gasteiger partial charge in [-0.1, -0.05) is 24.3 Å². The molecular formula is C10H9NO2. The summed E-state index contributed by atoms with van der Waals surface area (Å²) in [6.45, 7) is 6.85. The minimum Gasteiger partial charge on any atom is -0.481 e. The Morgan fingerprint density at radius 1 is 1.46 bits per heavy atom. The smallest absolute Gasteiger partial charge is 0.303 e. The maximum absolute atomic E-state index is 10.3. The summed E-state index contributed by atoms with van der Waals surface area (Å²) in [7, 11) is 0. The first-order valence-corrected chi connectivity index (χ1v) is 3.91. The number of hydrogen-bond donors (Lipinski definition) is 1. The molecule has 0 saturated carbocycles. The lowest BCUT2D eigenvalue weighted by Gasteiger charge is -2.00. The Hall–Kier alpha value is -1.82. The standard InChI is InChI=1S/C10H9NO2/c1-11-9-5-3-2-4-8(9)6-7-10(12)13/h2-5H,6-7H2,(H,12,13). The van der Waals surface area contributed by atoms with Crippen molar-refractivity contribution < 1.29 is 9.90 Å². The van der Waals surface area contributed by atoms with Crippen molar-refractivity contribution >= 4 is 11.7 Å². The first-order chi connectivity index (χ1) is 6.24. The van der Waals surface area contributed by atoms with Gasteiger partial charge in [-0.3, -0.25) is 4.79 Å². The van der Waals surface area contributed by atoms with Crippen molar-refractivity contribution in [1.29, 1.82) is 0 Å². The van der Waals surface area contributed by atoms with Crippen LogP contribution in [0.15, 0.2) is 24.3 Å². The highest BCUT2D eigenvalue weighted by Gasteiger charge is 2.03. The van der Waals surface area contributed by atoms with E-state index in [1.165, 1.54) is 0 Å². The number of hydrogen-bond acceptors (Lipinski definition) is 1. The number of benzene rings is 1. The highest BCUT2D eigenvalue weighted by molar-refractivity contribution is 5.67. The lowest BCUT2D eigenvalue weighted by molar-refractivity contribution is -0.136. The van der Waals surface area contributed by atoms with Gasteiger partial charge >= 0.3 is 5.97 Å². The number of rotatable bonds is 3. The first-order valence-electron chi connectivity index (χ1n) is 3.91. The van der Waals surface area contributed by atoms with Crippen LogP contribution in [0.5, 0.6) is 0 Å². The predicted molar refractivity (Wildman–Crippen MR) is 48.7 cm³/mol. The lowest BCUT2D eigenvalue weighted by Crippen LogP contribution is -1.97. The van der Waals surface area contributed by atoms with Gasteiger partial charge in [0, 0.05) is 6.42 Å². The zero-order valence-corrected chi connectivity index (χ0v) is 7.03. The second-order valence-electron chi connectivity index (χ2n) is 2.63. The molecule has 0 amide bonds. The number of aliphatic carboxylic acids is 1. The fourth-order valence-corrected chi connectivity index (χ4v) is 1.07. The highest BCUT2D eigenvalue weighted by Crippen LogP contribution is 2.19. The molecule has 1 aromatic carbocycles. The topological polar surface area (TPSA) is 41.7 Å². The maximum Gasteiger partial charge on any atom is 0.303 e. The molecule has 0 radical (unpaired) electrons. The van der Waals surface area contributed by atoms with Crippen molar-refractivity contribution in [2.24, 2.45) is 0 Å². The summed E-state index contributed by atoms with van der Waals surface area (Å²) in [5.74, 6) is -0.834. The van der Waals surface area contributed by atoms with Crippen LogP contribution in [0.2, 0.25) is 0 Å². The SMILES string of the molecule is [C-]#[N+]c1ccccc1CCC(=O)O. The Balaban J connectivity index is 2.77. The van der Waals surface area contributed by atoms with E-state index >= 15 is 0 Å². The molecule has 0 fully saturated rings. The molecule has 0 spiro atoms. The van der Waals surface area contributed by atoms with Crippen LogP contribution in [-0.4, -0.2) is 11.1 Å². The fraction of sp³-hybridized carbons (Fsp3) is 0.200. The van der Waals surface area contributed by atoms with Crippen LogP contribution in [0.1, 0.15) is 12.0 Å². The van der Waals surface area contributed by atoms with Gasteiger partial charge in [0.05, 0.1) is 6.57 Å². The molecule has 1 N–H and O–H groups in total.